The fourth-order valence-corrected chi connectivity index (χ4v) is 2.06. The molecule has 4 nitrogen and oxygen atoms in total. The van der Waals surface area contributed by atoms with Crippen molar-refractivity contribution in [2.45, 2.75) is 0 Å². The Bertz CT molecular complexity index is 727. The van der Waals surface area contributed by atoms with Crippen LogP contribution in [0.15, 0.2) is 54.6 Å². The van der Waals surface area contributed by atoms with Gasteiger partial charge in [-0.05, 0) is 12.1 Å². The normalized spacial score (nSPS) is 10.4. The predicted molar refractivity (Wildman–Crippen MR) is 80.1 cm³/mol. The number of nitrogens with zero attached hydrogens (tertiary/aromatic N) is 3. The van der Waals surface area contributed by atoms with Gasteiger partial charge in [-0.3, -0.25) is 0 Å². The third-order valence-corrected chi connectivity index (χ3v) is 3.12. The molecular weight excluding hydrogens is 272 g/mol. The van der Waals surface area contributed by atoms with Crippen molar-refractivity contribution in [3.63, 3.8) is 0 Å². The minimum Gasteiger partial charge on any atom is -0.366 e. The predicted octanol–water partition coefficient (Wildman–Crippen LogP) is 3.44. The summed E-state index contributed by atoms with van der Waals surface area (Å²) in [5.74, 6) is 0.154. The minimum atomic E-state index is 0.154. The van der Waals surface area contributed by atoms with Crippen LogP contribution in [0, 0.1) is 0 Å². The molecule has 3 rings (SSSR count). The number of halogens is 1. The highest BCUT2D eigenvalue weighted by Crippen LogP contribution is 2.29. The number of rotatable bonds is 2. The standard InChI is InChI=1S/C15H11ClN4/c16-12-8-6-11(7-9-12)14-13(18-15(17)20-19-14)10-4-2-1-3-5-10/h1-9H,(H2,17,18,20). The van der Waals surface area contributed by atoms with Crippen molar-refractivity contribution in [1.82, 2.24) is 15.2 Å². The lowest BCUT2D eigenvalue weighted by atomic mass is 10.0. The monoisotopic (exact) mass is 282 g/mol. The molecule has 0 amide bonds. The molecule has 0 fully saturated rings. The third-order valence-electron chi connectivity index (χ3n) is 2.87. The quantitative estimate of drug-likeness (QED) is 0.782. The highest BCUT2D eigenvalue weighted by atomic mass is 35.5. The van der Waals surface area contributed by atoms with Crippen molar-refractivity contribution in [2.75, 3.05) is 5.73 Å². The average molecular weight is 283 g/mol. The lowest BCUT2D eigenvalue weighted by molar-refractivity contribution is 0.997. The summed E-state index contributed by atoms with van der Waals surface area (Å²) in [6, 6.07) is 17.1. The molecule has 0 radical (unpaired) electrons. The SMILES string of the molecule is Nc1nnc(-c2ccc(Cl)cc2)c(-c2ccccc2)n1. The van der Waals surface area contributed by atoms with E-state index in [1.807, 2.05) is 54.6 Å². The highest BCUT2D eigenvalue weighted by Gasteiger charge is 2.12. The molecule has 0 bridgehead atoms. The van der Waals surface area contributed by atoms with E-state index in [1.54, 1.807) is 0 Å². The van der Waals surface area contributed by atoms with E-state index >= 15 is 0 Å². The zero-order valence-electron chi connectivity index (χ0n) is 10.5. The summed E-state index contributed by atoms with van der Waals surface area (Å²) in [7, 11) is 0. The summed E-state index contributed by atoms with van der Waals surface area (Å²) in [5, 5.41) is 8.69. The van der Waals surface area contributed by atoms with Gasteiger partial charge in [0.15, 0.2) is 0 Å². The zero-order chi connectivity index (χ0) is 13.9. The molecule has 2 N–H and O–H groups in total. The molecule has 0 unspecified atom stereocenters. The van der Waals surface area contributed by atoms with Crippen molar-refractivity contribution in [1.29, 1.82) is 0 Å². The Hall–Kier alpha value is -2.46. The number of aromatic nitrogens is 3. The smallest absolute Gasteiger partial charge is 0.240 e. The van der Waals surface area contributed by atoms with Crippen LogP contribution in [0.3, 0.4) is 0 Å². The summed E-state index contributed by atoms with van der Waals surface area (Å²) in [6.07, 6.45) is 0. The Morgan fingerprint density at radius 1 is 0.750 bits per heavy atom. The Labute approximate surface area is 121 Å². The van der Waals surface area contributed by atoms with Gasteiger partial charge in [0.2, 0.25) is 5.95 Å². The molecule has 5 heteroatoms. The van der Waals surface area contributed by atoms with E-state index < -0.39 is 0 Å². The largest absolute Gasteiger partial charge is 0.366 e. The first-order chi connectivity index (χ1) is 9.74. The first-order valence-electron chi connectivity index (χ1n) is 6.05. The van der Waals surface area contributed by atoms with Gasteiger partial charge in [-0.2, -0.15) is 0 Å². The van der Waals surface area contributed by atoms with Crippen molar-refractivity contribution in [3.8, 4) is 22.5 Å². The summed E-state index contributed by atoms with van der Waals surface area (Å²) < 4.78 is 0. The maximum absolute atomic E-state index is 5.91. The summed E-state index contributed by atoms with van der Waals surface area (Å²) in [5.41, 5.74) is 8.89. The minimum absolute atomic E-state index is 0.154. The van der Waals surface area contributed by atoms with Crippen LogP contribution in [0.1, 0.15) is 0 Å². The Morgan fingerprint density at radius 2 is 1.40 bits per heavy atom. The Balaban J connectivity index is 2.19. The molecule has 1 aromatic heterocycles. The van der Waals surface area contributed by atoms with Crippen molar-refractivity contribution < 1.29 is 0 Å². The number of nitrogens with two attached hydrogens (primary N) is 1. The van der Waals surface area contributed by atoms with Crippen LogP contribution in [0.25, 0.3) is 22.5 Å². The topological polar surface area (TPSA) is 64.7 Å². The molecule has 0 aliphatic heterocycles. The van der Waals surface area contributed by atoms with Crippen LogP contribution in [0.4, 0.5) is 5.95 Å². The molecule has 2 aromatic carbocycles. The van der Waals surface area contributed by atoms with Crippen LogP contribution < -0.4 is 5.73 Å². The first-order valence-corrected chi connectivity index (χ1v) is 6.43. The number of hydrogen-bond acceptors (Lipinski definition) is 4. The number of anilines is 1. The molecule has 0 atom stereocenters. The van der Waals surface area contributed by atoms with E-state index in [0.717, 1.165) is 11.1 Å². The molecule has 0 aliphatic rings. The first kappa shape index (κ1) is 12.6. The van der Waals surface area contributed by atoms with Gasteiger partial charge < -0.3 is 5.73 Å². The second-order valence-electron chi connectivity index (χ2n) is 4.24. The lowest BCUT2D eigenvalue weighted by Crippen LogP contribution is -2.02. The van der Waals surface area contributed by atoms with E-state index in [2.05, 4.69) is 15.2 Å². The Kier molecular flexibility index (Phi) is 3.31. The highest BCUT2D eigenvalue weighted by molar-refractivity contribution is 6.30. The molecule has 0 saturated carbocycles. The third kappa shape index (κ3) is 2.46. The van der Waals surface area contributed by atoms with Gasteiger partial charge in [0.1, 0.15) is 11.4 Å². The van der Waals surface area contributed by atoms with Crippen LogP contribution >= 0.6 is 11.6 Å². The second-order valence-corrected chi connectivity index (χ2v) is 4.68. The van der Waals surface area contributed by atoms with Gasteiger partial charge in [0.05, 0.1) is 0 Å². The number of hydrogen-bond donors (Lipinski definition) is 1. The van der Waals surface area contributed by atoms with Gasteiger partial charge in [0.25, 0.3) is 0 Å². The maximum atomic E-state index is 5.91. The fraction of sp³-hybridized carbons (Fsp3) is 0. The molecular formula is C15H11ClN4. The lowest BCUT2D eigenvalue weighted by Gasteiger charge is -2.08. The number of benzene rings is 2. The Morgan fingerprint density at radius 3 is 2.10 bits per heavy atom. The molecule has 98 valence electrons. The van der Waals surface area contributed by atoms with Crippen molar-refractivity contribution in [2.24, 2.45) is 0 Å². The summed E-state index contributed by atoms with van der Waals surface area (Å²) >= 11 is 5.91. The van der Waals surface area contributed by atoms with E-state index in [9.17, 15) is 0 Å². The molecule has 1 heterocycles. The van der Waals surface area contributed by atoms with Crippen LogP contribution in [-0.2, 0) is 0 Å². The molecule has 0 spiro atoms. The van der Waals surface area contributed by atoms with E-state index in [1.165, 1.54) is 0 Å². The van der Waals surface area contributed by atoms with E-state index in [0.29, 0.717) is 16.4 Å². The summed E-state index contributed by atoms with van der Waals surface area (Å²) in [6.45, 7) is 0. The van der Waals surface area contributed by atoms with Crippen LogP contribution in [0.2, 0.25) is 5.02 Å². The molecule has 20 heavy (non-hydrogen) atoms. The molecule has 3 aromatic rings. The van der Waals surface area contributed by atoms with Gasteiger partial charge >= 0.3 is 0 Å². The van der Waals surface area contributed by atoms with E-state index in [4.69, 9.17) is 17.3 Å². The van der Waals surface area contributed by atoms with Gasteiger partial charge in [-0.15, -0.1) is 10.2 Å². The van der Waals surface area contributed by atoms with Gasteiger partial charge in [-0.1, -0.05) is 54.1 Å². The average Bonchev–Trinajstić information content (AvgIpc) is 2.49. The van der Waals surface area contributed by atoms with E-state index in [-0.39, 0.29) is 5.95 Å². The van der Waals surface area contributed by atoms with Crippen molar-refractivity contribution in [3.05, 3.63) is 59.6 Å². The van der Waals surface area contributed by atoms with Gasteiger partial charge in [-0.25, -0.2) is 4.98 Å². The van der Waals surface area contributed by atoms with Crippen LogP contribution in [0.5, 0.6) is 0 Å². The zero-order valence-corrected chi connectivity index (χ0v) is 11.2. The van der Waals surface area contributed by atoms with Crippen molar-refractivity contribution >= 4 is 17.5 Å². The van der Waals surface area contributed by atoms with Crippen LogP contribution in [-0.4, -0.2) is 15.2 Å². The molecule has 0 aliphatic carbocycles. The number of nitrogen functional groups attached to an aromatic ring is 1. The fourth-order valence-electron chi connectivity index (χ4n) is 1.94. The van der Waals surface area contributed by atoms with Gasteiger partial charge in [0, 0.05) is 16.1 Å². The molecule has 0 saturated heterocycles. The maximum Gasteiger partial charge on any atom is 0.240 e. The summed E-state index contributed by atoms with van der Waals surface area (Å²) in [4.78, 5) is 4.31. The second kappa shape index (κ2) is 5.27.